The molecule has 1 amide bonds. The van der Waals surface area contributed by atoms with Crippen molar-refractivity contribution in [3.63, 3.8) is 0 Å². The van der Waals surface area contributed by atoms with Crippen LogP contribution in [0.3, 0.4) is 0 Å². The molecular formula is C19H24N2O3. The summed E-state index contributed by atoms with van der Waals surface area (Å²) in [5.74, 6) is 0. The number of aliphatic hydroxyl groups is 1. The van der Waals surface area contributed by atoms with Crippen molar-refractivity contribution >= 4 is 17.2 Å². The quantitative estimate of drug-likeness (QED) is 0.918. The molecule has 2 aromatic rings. The van der Waals surface area contributed by atoms with E-state index in [1.165, 1.54) is 0 Å². The van der Waals surface area contributed by atoms with Crippen molar-refractivity contribution < 1.29 is 14.6 Å². The van der Waals surface area contributed by atoms with Crippen molar-refractivity contribution in [3.8, 4) is 0 Å². The second-order valence-electron chi connectivity index (χ2n) is 7.08. The number of fused-ring (bicyclic) bond motifs is 1. The SMILES string of the molecule is CC(C)(C)OC(=O)N1CC=C(c2c(CO)cc3ccccn23)CC1. The highest BCUT2D eigenvalue weighted by Crippen LogP contribution is 2.29. The van der Waals surface area contributed by atoms with Gasteiger partial charge in [0.25, 0.3) is 0 Å². The van der Waals surface area contributed by atoms with Gasteiger partial charge in [-0.3, -0.25) is 0 Å². The normalized spacial score (nSPS) is 15.5. The average molecular weight is 328 g/mol. The fourth-order valence-corrected chi connectivity index (χ4v) is 3.04. The molecule has 3 heterocycles. The Bertz CT molecular complexity index is 783. The van der Waals surface area contributed by atoms with Crippen LogP contribution in [0.15, 0.2) is 36.5 Å². The summed E-state index contributed by atoms with van der Waals surface area (Å²) in [5, 5.41) is 9.69. The van der Waals surface area contributed by atoms with Crippen LogP contribution in [-0.2, 0) is 11.3 Å². The molecule has 0 saturated carbocycles. The second kappa shape index (κ2) is 6.32. The van der Waals surface area contributed by atoms with Gasteiger partial charge >= 0.3 is 6.09 Å². The number of aliphatic hydroxyl groups excluding tert-OH is 1. The fourth-order valence-electron chi connectivity index (χ4n) is 3.04. The number of amides is 1. The van der Waals surface area contributed by atoms with Gasteiger partial charge in [-0.2, -0.15) is 0 Å². The topological polar surface area (TPSA) is 54.2 Å². The molecule has 128 valence electrons. The summed E-state index contributed by atoms with van der Waals surface area (Å²) in [5.41, 5.74) is 3.69. The number of pyridine rings is 1. The molecule has 0 atom stereocenters. The largest absolute Gasteiger partial charge is 0.444 e. The van der Waals surface area contributed by atoms with Crippen molar-refractivity contribution in [1.29, 1.82) is 0 Å². The number of carbonyl (C=O) groups is 1. The number of hydrogen-bond acceptors (Lipinski definition) is 3. The van der Waals surface area contributed by atoms with Gasteiger partial charge < -0.3 is 19.1 Å². The minimum atomic E-state index is -0.483. The van der Waals surface area contributed by atoms with Gasteiger partial charge in [0.2, 0.25) is 0 Å². The molecule has 0 bridgehead atoms. The van der Waals surface area contributed by atoms with E-state index in [4.69, 9.17) is 4.74 Å². The van der Waals surface area contributed by atoms with Crippen LogP contribution in [0.25, 0.3) is 11.1 Å². The van der Waals surface area contributed by atoms with E-state index in [0.717, 1.165) is 28.8 Å². The molecule has 1 aliphatic heterocycles. The fraction of sp³-hybridized carbons (Fsp3) is 0.421. The van der Waals surface area contributed by atoms with Crippen molar-refractivity contribution in [2.24, 2.45) is 0 Å². The number of aromatic nitrogens is 1. The van der Waals surface area contributed by atoms with E-state index in [-0.39, 0.29) is 12.7 Å². The number of hydrogen-bond donors (Lipinski definition) is 1. The zero-order valence-corrected chi connectivity index (χ0v) is 14.5. The van der Waals surface area contributed by atoms with Crippen LogP contribution in [0, 0.1) is 0 Å². The predicted octanol–water partition coefficient (Wildman–Crippen LogP) is 3.46. The maximum absolute atomic E-state index is 12.2. The van der Waals surface area contributed by atoms with Crippen molar-refractivity contribution in [1.82, 2.24) is 9.30 Å². The molecule has 1 N–H and O–H groups in total. The maximum atomic E-state index is 12.2. The van der Waals surface area contributed by atoms with Crippen LogP contribution in [0.4, 0.5) is 4.79 Å². The molecule has 0 fully saturated rings. The Morgan fingerprint density at radius 3 is 2.75 bits per heavy atom. The Balaban J connectivity index is 1.84. The van der Waals surface area contributed by atoms with E-state index in [9.17, 15) is 9.90 Å². The lowest BCUT2D eigenvalue weighted by atomic mass is 10.0. The zero-order valence-electron chi connectivity index (χ0n) is 14.5. The molecular weight excluding hydrogens is 304 g/mol. The number of carbonyl (C=O) groups excluding carboxylic acids is 1. The van der Waals surface area contributed by atoms with Gasteiger partial charge in [0.1, 0.15) is 5.60 Å². The Morgan fingerprint density at radius 2 is 2.12 bits per heavy atom. The van der Waals surface area contributed by atoms with E-state index in [0.29, 0.717) is 13.1 Å². The maximum Gasteiger partial charge on any atom is 0.410 e. The number of ether oxygens (including phenoxy) is 1. The molecule has 2 aromatic heterocycles. The van der Waals surface area contributed by atoms with Crippen LogP contribution in [-0.4, -0.2) is 39.2 Å². The average Bonchev–Trinajstić information content (AvgIpc) is 2.92. The van der Waals surface area contributed by atoms with Gasteiger partial charge in [-0.05, 0) is 51.0 Å². The van der Waals surface area contributed by atoms with Gasteiger partial charge in [-0.25, -0.2) is 4.79 Å². The summed E-state index contributed by atoms with van der Waals surface area (Å²) in [4.78, 5) is 13.9. The first-order valence-corrected chi connectivity index (χ1v) is 8.26. The first-order chi connectivity index (χ1) is 11.4. The summed E-state index contributed by atoms with van der Waals surface area (Å²) < 4.78 is 7.53. The summed E-state index contributed by atoms with van der Waals surface area (Å²) in [6, 6.07) is 8.00. The number of rotatable bonds is 2. The molecule has 5 heteroatoms. The smallest absolute Gasteiger partial charge is 0.410 e. The van der Waals surface area contributed by atoms with Gasteiger partial charge in [0.15, 0.2) is 0 Å². The van der Waals surface area contributed by atoms with Gasteiger partial charge in [-0.1, -0.05) is 12.1 Å². The van der Waals surface area contributed by atoms with Crippen molar-refractivity contribution in [2.75, 3.05) is 13.1 Å². The summed E-state index contributed by atoms with van der Waals surface area (Å²) in [6.45, 7) is 6.76. The van der Waals surface area contributed by atoms with Gasteiger partial charge in [0, 0.05) is 30.4 Å². The highest BCUT2D eigenvalue weighted by molar-refractivity contribution is 5.75. The summed E-state index contributed by atoms with van der Waals surface area (Å²) >= 11 is 0. The molecule has 0 aromatic carbocycles. The van der Waals surface area contributed by atoms with E-state index in [2.05, 4.69) is 10.5 Å². The Morgan fingerprint density at radius 1 is 1.33 bits per heavy atom. The van der Waals surface area contributed by atoms with E-state index >= 15 is 0 Å². The molecule has 0 radical (unpaired) electrons. The van der Waals surface area contributed by atoms with Crippen LogP contribution in [0.5, 0.6) is 0 Å². The molecule has 0 spiro atoms. The third kappa shape index (κ3) is 3.31. The van der Waals surface area contributed by atoms with Gasteiger partial charge in [0.05, 0.1) is 12.3 Å². The lowest BCUT2D eigenvalue weighted by molar-refractivity contribution is 0.0270. The Kier molecular flexibility index (Phi) is 4.37. The van der Waals surface area contributed by atoms with Crippen LogP contribution < -0.4 is 0 Å². The third-order valence-corrected chi connectivity index (χ3v) is 4.09. The minimum absolute atomic E-state index is 0.00410. The minimum Gasteiger partial charge on any atom is -0.444 e. The van der Waals surface area contributed by atoms with Crippen molar-refractivity contribution in [3.05, 3.63) is 47.8 Å². The van der Waals surface area contributed by atoms with Crippen LogP contribution >= 0.6 is 0 Å². The van der Waals surface area contributed by atoms with E-state index < -0.39 is 5.60 Å². The first kappa shape index (κ1) is 16.6. The molecule has 0 saturated heterocycles. The highest BCUT2D eigenvalue weighted by atomic mass is 16.6. The zero-order chi connectivity index (χ0) is 17.3. The first-order valence-electron chi connectivity index (χ1n) is 8.26. The predicted molar refractivity (Wildman–Crippen MR) is 93.7 cm³/mol. The monoisotopic (exact) mass is 328 g/mol. The molecule has 1 aliphatic rings. The molecule has 0 unspecified atom stereocenters. The summed E-state index contributed by atoms with van der Waals surface area (Å²) in [7, 11) is 0. The lowest BCUT2D eigenvalue weighted by Crippen LogP contribution is -2.39. The second-order valence-corrected chi connectivity index (χ2v) is 7.08. The highest BCUT2D eigenvalue weighted by Gasteiger charge is 2.25. The molecule has 3 rings (SSSR count). The van der Waals surface area contributed by atoms with E-state index in [1.54, 1.807) is 4.90 Å². The molecule has 0 aliphatic carbocycles. The van der Waals surface area contributed by atoms with Crippen molar-refractivity contribution in [2.45, 2.75) is 39.4 Å². The van der Waals surface area contributed by atoms with E-state index in [1.807, 2.05) is 51.2 Å². The van der Waals surface area contributed by atoms with Crippen LogP contribution in [0.2, 0.25) is 0 Å². The van der Waals surface area contributed by atoms with Crippen LogP contribution in [0.1, 0.15) is 38.4 Å². The lowest BCUT2D eigenvalue weighted by Gasteiger charge is -2.29. The standard InChI is InChI=1S/C19H24N2O3/c1-19(2,3)24-18(23)20-10-7-14(8-11-20)17-15(13-22)12-16-6-4-5-9-21(16)17/h4-7,9,12,22H,8,10-11,13H2,1-3H3. The van der Waals surface area contributed by atoms with Gasteiger partial charge in [-0.15, -0.1) is 0 Å². The molecule has 24 heavy (non-hydrogen) atoms. The Hall–Kier alpha value is -2.27. The Labute approximate surface area is 142 Å². The third-order valence-electron chi connectivity index (χ3n) is 4.09. The molecule has 5 nitrogen and oxygen atoms in total. The summed E-state index contributed by atoms with van der Waals surface area (Å²) in [6.07, 6.45) is 4.53. The number of nitrogens with zero attached hydrogens (tertiary/aromatic N) is 2.